The number of amides is 1. The van der Waals surface area contributed by atoms with E-state index in [2.05, 4.69) is 20.3 Å². The zero-order valence-electron chi connectivity index (χ0n) is 13.9. The van der Waals surface area contributed by atoms with Crippen molar-refractivity contribution < 1.29 is 4.79 Å². The predicted octanol–water partition coefficient (Wildman–Crippen LogP) is 4.58. The van der Waals surface area contributed by atoms with Gasteiger partial charge in [0.25, 0.3) is 5.91 Å². The van der Waals surface area contributed by atoms with Crippen molar-refractivity contribution in [3.05, 3.63) is 69.4 Å². The summed E-state index contributed by atoms with van der Waals surface area (Å²) in [6.45, 7) is 2.40. The van der Waals surface area contributed by atoms with Gasteiger partial charge < -0.3 is 10.3 Å². The number of halogens is 1. The third-order valence-corrected chi connectivity index (χ3v) is 5.30. The van der Waals surface area contributed by atoms with Gasteiger partial charge in [-0.3, -0.25) is 9.78 Å². The summed E-state index contributed by atoms with van der Waals surface area (Å²) in [4.78, 5) is 25.5. The number of carbonyl (C=O) groups is 1. The summed E-state index contributed by atoms with van der Waals surface area (Å²) in [6.07, 6.45) is 5.08. The number of rotatable bonds is 4. The van der Waals surface area contributed by atoms with Gasteiger partial charge in [0.2, 0.25) is 0 Å². The fourth-order valence-corrected chi connectivity index (χ4v) is 3.84. The Kier molecular flexibility index (Phi) is 4.44. The molecular formula is C19H15ClN4OS. The van der Waals surface area contributed by atoms with Gasteiger partial charge in [-0.2, -0.15) is 0 Å². The number of pyridine rings is 1. The number of hydrogen-bond donors (Lipinski definition) is 2. The van der Waals surface area contributed by atoms with Crippen molar-refractivity contribution in [1.29, 1.82) is 0 Å². The second-order valence-electron chi connectivity index (χ2n) is 5.83. The highest BCUT2D eigenvalue weighted by Gasteiger charge is 2.14. The van der Waals surface area contributed by atoms with E-state index >= 15 is 0 Å². The van der Waals surface area contributed by atoms with Crippen molar-refractivity contribution in [3.63, 3.8) is 0 Å². The zero-order valence-corrected chi connectivity index (χ0v) is 15.5. The summed E-state index contributed by atoms with van der Waals surface area (Å²) in [7, 11) is 0. The maximum atomic E-state index is 12.5. The molecule has 2 N–H and O–H groups in total. The molecule has 4 aromatic rings. The van der Waals surface area contributed by atoms with Crippen LogP contribution >= 0.6 is 22.9 Å². The largest absolute Gasteiger partial charge is 0.360 e. The highest BCUT2D eigenvalue weighted by atomic mass is 35.5. The van der Waals surface area contributed by atoms with Crippen LogP contribution in [0.5, 0.6) is 0 Å². The van der Waals surface area contributed by atoms with Crippen LogP contribution in [0.1, 0.15) is 20.2 Å². The molecule has 3 heterocycles. The average molecular weight is 383 g/mol. The summed E-state index contributed by atoms with van der Waals surface area (Å²) < 4.78 is 0. The third kappa shape index (κ3) is 3.21. The van der Waals surface area contributed by atoms with Crippen LogP contribution < -0.4 is 5.32 Å². The first-order chi connectivity index (χ1) is 12.6. The minimum absolute atomic E-state index is 0.163. The van der Waals surface area contributed by atoms with Gasteiger partial charge in [0.15, 0.2) is 0 Å². The lowest BCUT2D eigenvalue weighted by Crippen LogP contribution is -2.23. The number of nitrogens with zero attached hydrogens (tertiary/aromatic N) is 2. The molecule has 0 aliphatic rings. The van der Waals surface area contributed by atoms with Gasteiger partial charge in [-0.15, -0.1) is 11.3 Å². The molecule has 0 bridgehead atoms. The lowest BCUT2D eigenvalue weighted by Gasteiger charge is -2.04. The molecule has 0 fully saturated rings. The average Bonchev–Trinajstić information content (AvgIpc) is 3.26. The first-order valence-electron chi connectivity index (χ1n) is 8.03. The van der Waals surface area contributed by atoms with Crippen LogP contribution in [0.4, 0.5) is 0 Å². The fraction of sp³-hybridized carbons (Fsp3) is 0.105. The molecule has 26 heavy (non-hydrogen) atoms. The second-order valence-corrected chi connectivity index (χ2v) is 7.55. The van der Waals surface area contributed by atoms with E-state index in [-0.39, 0.29) is 5.91 Å². The number of fused-ring (bicyclic) bond motifs is 1. The standard InChI is InChI=1S/C19H15ClN4OS/c1-11-18(12-2-4-13(20)5-3-12)24-17(26-11)10-23-19(25)15-8-21-9-16-14(15)6-7-22-16/h2-9,22H,10H2,1H3,(H,23,25). The summed E-state index contributed by atoms with van der Waals surface area (Å²) in [5, 5.41) is 5.34. The Morgan fingerprint density at radius 2 is 2.04 bits per heavy atom. The highest BCUT2D eigenvalue weighted by molar-refractivity contribution is 7.12. The minimum Gasteiger partial charge on any atom is -0.360 e. The minimum atomic E-state index is -0.163. The van der Waals surface area contributed by atoms with Crippen molar-refractivity contribution >= 4 is 39.7 Å². The summed E-state index contributed by atoms with van der Waals surface area (Å²) in [6, 6.07) is 9.47. The Hall–Kier alpha value is -2.70. The Bertz CT molecular complexity index is 1080. The quantitative estimate of drug-likeness (QED) is 0.542. The number of H-pyrrole nitrogens is 1. The van der Waals surface area contributed by atoms with Crippen LogP contribution in [0, 0.1) is 6.92 Å². The number of aryl methyl sites for hydroxylation is 1. The number of hydrogen-bond acceptors (Lipinski definition) is 4. The first-order valence-corrected chi connectivity index (χ1v) is 9.23. The van der Waals surface area contributed by atoms with Crippen LogP contribution in [-0.2, 0) is 6.54 Å². The van der Waals surface area contributed by atoms with Crippen molar-refractivity contribution in [2.24, 2.45) is 0 Å². The van der Waals surface area contributed by atoms with Gasteiger partial charge in [-0.25, -0.2) is 4.98 Å². The van der Waals surface area contributed by atoms with E-state index < -0.39 is 0 Å². The number of aromatic nitrogens is 3. The zero-order chi connectivity index (χ0) is 18.1. The van der Waals surface area contributed by atoms with Gasteiger partial charge in [0.05, 0.1) is 29.5 Å². The molecule has 5 nitrogen and oxygen atoms in total. The molecule has 0 saturated carbocycles. The maximum absolute atomic E-state index is 12.5. The Morgan fingerprint density at radius 3 is 2.85 bits per heavy atom. The molecular weight excluding hydrogens is 368 g/mol. The molecule has 0 saturated heterocycles. The van der Waals surface area contributed by atoms with Crippen molar-refractivity contribution in [2.75, 3.05) is 0 Å². The van der Waals surface area contributed by atoms with Crippen LogP contribution in [0.25, 0.3) is 22.2 Å². The number of aromatic amines is 1. The maximum Gasteiger partial charge on any atom is 0.253 e. The number of thiazole rings is 1. The second kappa shape index (κ2) is 6.90. The number of benzene rings is 1. The molecule has 0 aliphatic carbocycles. The Balaban J connectivity index is 1.51. The van der Waals surface area contributed by atoms with Gasteiger partial charge in [0.1, 0.15) is 5.01 Å². The van der Waals surface area contributed by atoms with E-state index in [0.717, 1.165) is 32.0 Å². The number of carbonyl (C=O) groups excluding carboxylic acids is 1. The Morgan fingerprint density at radius 1 is 1.23 bits per heavy atom. The molecule has 3 aromatic heterocycles. The molecule has 0 spiro atoms. The van der Waals surface area contributed by atoms with Gasteiger partial charge in [-0.05, 0) is 25.1 Å². The molecule has 0 atom stereocenters. The van der Waals surface area contributed by atoms with Crippen molar-refractivity contribution in [3.8, 4) is 11.3 Å². The molecule has 0 unspecified atom stereocenters. The van der Waals surface area contributed by atoms with Crippen LogP contribution in [-0.4, -0.2) is 20.9 Å². The summed E-state index contributed by atoms with van der Waals surface area (Å²) in [5.41, 5.74) is 3.33. The predicted molar refractivity (Wildman–Crippen MR) is 105 cm³/mol. The van der Waals surface area contributed by atoms with Gasteiger partial charge >= 0.3 is 0 Å². The van der Waals surface area contributed by atoms with Gasteiger partial charge in [0, 0.05) is 33.2 Å². The summed E-state index contributed by atoms with van der Waals surface area (Å²) in [5.74, 6) is -0.163. The van der Waals surface area contributed by atoms with E-state index in [9.17, 15) is 4.79 Å². The summed E-state index contributed by atoms with van der Waals surface area (Å²) >= 11 is 7.52. The number of nitrogens with one attached hydrogen (secondary N) is 2. The van der Waals surface area contributed by atoms with E-state index in [0.29, 0.717) is 17.1 Å². The van der Waals surface area contributed by atoms with E-state index in [1.54, 1.807) is 29.9 Å². The van der Waals surface area contributed by atoms with E-state index in [1.807, 2.05) is 37.3 Å². The molecule has 130 valence electrons. The molecule has 0 radical (unpaired) electrons. The van der Waals surface area contributed by atoms with Crippen LogP contribution in [0.3, 0.4) is 0 Å². The smallest absolute Gasteiger partial charge is 0.253 e. The lowest BCUT2D eigenvalue weighted by molar-refractivity contribution is 0.0952. The van der Waals surface area contributed by atoms with E-state index in [1.165, 1.54) is 0 Å². The molecule has 1 amide bonds. The van der Waals surface area contributed by atoms with Gasteiger partial charge in [-0.1, -0.05) is 23.7 Å². The van der Waals surface area contributed by atoms with Crippen molar-refractivity contribution in [2.45, 2.75) is 13.5 Å². The molecule has 0 aliphatic heterocycles. The fourth-order valence-electron chi connectivity index (χ4n) is 2.81. The highest BCUT2D eigenvalue weighted by Crippen LogP contribution is 2.28. The van der Waals surface area contributed by atoms with Crippen molar-refractivity contribution in [1.82, 2.24) is 20.3 Å². The van der Waals surface area contributed by atoms with E-state index in [4.69, 9.17) is 11.6 Å². The molecule has 7 heteroatoms. The molecule has 4 rings (SSSR count). The van der Waals surface area contributed by atoms with Crippen LogP contribution in [0.15, 0.2) is 48.9 Å². The monoisotopic (exact) mass is 382 g/mol. The van der Waals surface area contributed by atoms with Crippen LogP contribution in [0.2, 0.25) is 5.02 Å². The normalized spacial score (nSPS) is 11.0. The first kappa shape index (κ1) is 16.8. The Labute approximate surface area is 159 Å². The third-order valence-electron chi connectivity index (χ3n) is 4.08. The SMILES string of the molecule is Cc1sc(CNC(=O)c2cncc3[nH]ccc23)nc1-c1ccc(Cl)cc1. The molecule has 1 aromatic carbocycles. The lowest BCUT2D eigenvalue weighted by atomic mass is 10.1. The topological polar surface area (TPSA) is 70.7 Å².